The third-order valence-electron chi connectivity index (χ3n) is 1.37. The van der Waals surface area contributed by atoms with Crippen molar-refractivity contribution in [3.05, 3.63) is 0 Å². The van der Waals surface area contributed by atoms with E-state index in [0.717, 1.165) is 32.8 Å². The maximum atomic E-state index is 4.97. The lowest BCUT2D eigenvalue weighted by atomic mass is 10.4. The predicted octanol–water partition coefficient (Wildman–Crippen LogP) is -0.666. The Kier molecular flexibility index (Phi) is 10.2. The van der Waals surface area contributed by atoms with E-state index in [2.05, 4.69) is 17.2 Å². The Morgan fingerprint density at radius 3 is 1.73 bits per heavy atom. The third-order valence-corrected chi connectivity index (χ3v) is 2.18. The lowest BCUT2D eigenvalue weighted by molar-refractivity contribution is 0.364. The molecule has 1 rings (SSSR count). The van der Waals surface area contributed by atoms with Crippen LogP contribution in [0.4, 0.5) is 0 Å². The first-order valence-corrected chi connectivity index (χ1v) is 6.40. The van der Waals surface area contributed by atoms with Gasteiger partial charge in [-0.05, 0) is 6.92 Å². The topological polar surface area (TPSA) is 33.3 Å². The van der Waals surface area contributed by atoms with E-state index in [9.17, 15) is 0 Å². The molecule has 1 heterocycles. The van der Waals surface area contributed by atoms with Crippen LogP contribution in [0, 0.1) is 0 Å². The van der Waals surface area contributed by atoms with E-state index in [-0.39, 0.29) is 9.76 Å². The molecule has 1 aliphatic heterocycles. The van der Waals surface area contributed by atoms with Crippen LogP contribution in [-0.4, -0.2) is 42.5 Å². The van der Waals surface area contributed by atoms with Crippen LogP contribution >= 0.6 is 0 Å². The van der Waals surface area contributed by atoms with Gasteiger partial charge in [-0.1, -0.05) is 6.55 Å². The molecule has 68 valence electrons. The summed E-state index contributed by atoms with van der Waals surface area (Å²) in [4.78, 5) is 0. The molecule has 0 bridgehead atoms. The maximum absolute atomic E-state index is 4.97. The van der Waals surface area contributed by atoms with Crippen molar-refractivity contribution in [1.29, 1.82) is 0 Å². The van der Waals surface area contributed by atoms with E-state index in [1.54, 1.807) is 0 Å². The first kappa shape index (κ1) is 11.1. The fourth-order valence-corrected chi connectivity index (χ4v) is 1.22. The average Bonchev–Trinajstić information content (AvgIpc) is 2.10. The van der Waals surface area contributed by atoms with Crippen LogP contribution in [0.1, 0.15) is 6.92 Å². The first-order chi connectivity index (χ1) is 5.41. The van der Waals surface area contributed by atoms with Gasteiger partial charge in [0.2, 0.25) is 0 Å². The third kappa shape index (κ3) is 10.1. The molecule has 0 aromatic heterocycles. The molecule has 0 atom stereocenters. The summed E-state index contributed by atoms with van der Waals surface area (Å²) in [6, 6.07) is 0. The Morgan fingerprint density at radius 2 is 1.64 bits per heavy atom. The van der Waals surface area contributed by atoms with Gasteiger partial charge < -0.3 is 15.1 Å². The summed E-state index contributed by atoms with van der Waals surface area (Å²) in [5.74, 6) is 0. The van der Waals surface area contributed by atoms with Crippen LogP contribution in [0.25, 0.3) is 0 Å². The highest BCUT2D eigenvalue weighted by Gasteiger charge is 1.91. The molecular weight excluding hydrogens is 156 g/mol. The average molecular weight is 176 g/mol. The van der Waals surface area contributed by atoms with Gasteiger partial charge in [0.25, 0.3) is 0 Å². The molecule has 4 heteroatoms. The van der Waals surface area contributed by atoms with Gasteiger partial charge in [-0.15, -0.1) is 0 Å². The van der Waals surface area contributed by atoms with Gasteiger partial charge in [0.15, 0.2) is 9.76 Å². The van der Waals surface area contributed by atoms with E-state index in [4.69, 9.17) is 4.43 Å². The molecule has 0 aromatic rings. The molecule has 0 amide bonds. The molecule has 11 heavy (non-hydrogen) atoms. The molecule has 1 aliphatic rings. The molecule has 1 fully saturated rings. The smallest absolute Gasteiger partial charge is 0.158 e. The van der Waals surface area contributed by atoms with Crippen molar-refractivity contribution >= 4 is 9.76 Å². The molecule has 3 nitrogen and oxygen atoms in total. The second-order valence-electron chi connectivity index (χ2n) is 2.28. The Balaban J connectivity index is 0.000000187. The maximum Gasteiger partial charge on any atom is 0.158 e. The predicted molar refractivity (Wildman–Crippen MR) is 51.8 cm³/mol. The second kappa shape index (κ2) is 10.1. The molecule has 0 aliphatic carbocycles. The number of hydrogen-bond acceptors (Lipinski definition) is 3. The van der Waals surface area contributed by atoms with Gasteiger partial charge in [0, 0.05) is 32.8 Å². The zero-order chi connectivity index (χ0) is 8.36. The largest absolute Gasteiger partial charge is 0.425 e. The van der Waals surface area contributed by atoms with Crippen LogP contribution in [0.3, 0.4) is 0 Å². The summed E-state index contributed by atoms with van der Waals surface area (Å²) in [7, 11) is -0.0860. The van der Waals surface area contributed by atoms with Crippen molar-refractivity contribution in [1.82, 2.24) is 10.6 Å². The lowest BCUT2D eigenvalue weighted by Gasteiger charge is -2.11. The van der Waals surface area contributed by atoms with Gasteiger partial charge in [0.05, 0.1) is 0 Å². The normalized spacial score (nSPS) is 18.0. The second-order valence-corrected chi connectivity index (χ2v) is 3.27. The molecule has 0 unspecified atom stereocenters. The number of nitrogens with one attached hydrogen (secondary N) is 2. The lowest BCUT2D eigenvalue weighted by Crippen LogP contribution is -2.39. The fourth-order valence-electron chi connectivity index (χ4n) is 0.808. The van der Waals surface area contributed by atoms with Crippen LogP contribution in [0.5, 0.6) is 0 Å². The zero-order valence-electron chi connectivity index (χ0n) is 7.65. The van der Waals surface area contributed by atoms with Crippen LogP contribution in [0.2, 0.25) is 6.55 Å². The molecular formula is C7H20N2OSi. The summed E-state index contributed by atoms with van der Waals surface area (Å²) < 4.78 is 4.97. The highest BCUT2D eigenvalue weighted by atomic mass is 28.2. The van der Waals surface area contributed by atoms with Crippen molar-refractivity contribution in [2.45, 2.75) is 13.5 Å². The van der Waals surface area contributed by atoms with Crippen LogP contribution in [-0.2, 0) is 4.43 Å². The van der Waals surface area contributed by atoms with Gasteiger partial charge in [0.1, 0.15) is 0 Å². The van der Waals surface area contributed by atoms with Crippen molar-refractivity contribution in [2.24, 2.45) is 0 Å². The van der Waals surface area contributed by atoms with Crippen molar-refractivity contribution in [3.63, 3.8) is 0 Å². The summed E-state index contributed by atoms with van der Waals surface area (Å²) in [6.07, 6.45) is 0. The Morgan fingerprint density at radius 1 is 1.18 bits per heavy atom. The van der Waals surface area contributed by atoms with Crippen molar-refractivity contribution in [2.75, 3.05) is 32.8 Å². The van der Waals surface area contributed by atoms with Crippen LogP contribution < -0.4 is 10.6 Å². The van der Waals surface area contributed by atoms with E-state index in [0.29, 0.717) is 0 Å². The van der Waals surface area contributed by atoms with Gasteiger partial charge in [-0.3, -0.25) is 0 Å². The monoisotopic (exact) mass is 176 g/mol. The molecule has 0 radical (unpaired) electrons. The summed E-state index contributed by atoms with van der Waals surface area (Å²) in [5.41, 5.74) is 0. The van der Waals surface area contributed by atoms with Crippen molar-refractivity contribution < 1.29 is 4.43 Å². The molecule has 1 saturated heterocycles. The quantitative estimate of drug-likeness (QED) is 0.548. The summed E-state index contributed by atoms with van der Waals surface area (Å²) in [5, 5.41) is 6.44. The zero-order valence-corrected chi connectivity index (χ0v) is 9.07. The highest BCUT2D eigenvalue weighted by molar-refractivity contribution is 6.24. The van der Waals surface area contributed by atoms with E-state index in [1.807, 2.05) is 6.92 Å². The van der Waals surface area contributed by atoms with E-state index >= 15 is 0 Å². The number of hydrogen-bond donors (Lipinski definition) is 2. The molecule has 0 aromatic carbocycles. The Labute approximate surface area is 71.8 Å². The number of piperazine rings is 1. The van der Waals surface area contributed by atoms with Gasteiger partial charge in [-0.2, -0.15) is 0 Å². The van der Waals surface area contributed by atoms with Crippen molar-refractivity contribution in [3.8, 4) is 0 Å². The standard InChI is InChI=1S/C4H10N2.C3H10OSi/c1-2-6-4-3-5-1;1-3-4-5-2/h5-6H,1-4H2;3,5H2,1-2H3. The minimum Gasteiger partial charge on any atom is -0.425 e. The van der Waals surface area contributed by atoms with E-state index in [1.165, 1.54) is 0 Å². The molecule has 2 N–H and O–H groups in total. The SMILES string of the molecule is C1CNCCN1.CCO[SiH2]C. The van der Waals surface area contributed by atoms with Crippen LogP contribution in [0.15, 0.2) is 0 Å². The Bertz CT molecular complexity index is 56.0. The Hall–Kier alpha value is 0.0969. The van der Waals surface area contributed by atoms with Gasteiger partial charge in [-0.25, -0.2) is 0 Å². The number of rotatable bonds is 2. The molecule has 0 spiro atoms. The summed E-state index contributed by atoms with van der Waals surface area (Å²) >= 11 is 0. The fraction of sp³-hybridized carbons (Fsp3) is 1.00. The first-order valence-electron chi connectivity index (χ1n) is 4.41. The summed E-state index contributed by atoms with van der Waals surface area (Å²) in [6.45, 7) is 9.61. The van der Waals surface area contributed by atoms with E-state index < -0.39 is 0 Å². The van der Waals surface area contributed by atoms with Gasteiger partial charge >= 0.3 is 0 Å². The minimum absolute atomic E-state index is 0.0860. The molecule has 0 saturated carbocycles. The minimum atomic E-state index is -0.0860. The highest BCUT2D eigenvalue weighted by Crippen LogP contribution is 1.65.